The van der Waals surface area contributed by atoms with Crippen molar-refractivity contribution in [3.8, 4) is 5.75 Å². The Balaban J connectivity index is 1.74. The molecule has 0 saturated carbocycles. The number of ether oxygens (including phenoxy) is 1. The Morgan fingerprint density at radius 2 is 1.93 bits per heavy atom. The van der Waals surface area contributed by atoms with Crippen LogP contribution in [-0.4, -0.2) is 47.4 Å². The Kier molecular flexibility index (Phi) is 6.02. The number of nitro groups is 1. The minimum atomic E-state index is -0.593. The van der Waals surface area contributed by atoms with Gasteiger partial charge in [-0.05, 0) is 36.5 Å². The van der Waals surface area contributed by atoms with E-state index in [2.05, 4.69) is 10.6 Å². The molecule has 0 bridgehead atoms. The number of hydrogen-bond acceptors (Lipinski definition) is 7. The number of para-hydroxylation sites is 2. The summed E-state index contributed by atoms with van der Waals surface area (Å²) in [5, 5.41) is 26.3. The lowest BCUT2D eigenvalue weighted by Crippen LogP contribution is -2.37. The van der Waals surface area contributed by atoms with Gasteiger partial charge in [-0.3, -0.25) is 20.2 Å². The summed E-state index contributed by atoms with van der Waals surface area (Å²) in [6.07, 6.45) is 0. The number of carbonyl (C=O) groups excluding carboxylic acids is 1. The Hall–Kier alpha value is -3.24. The van der Waals surface area contributed by atoms with Crippen LogP contribution in [0.15, 0.2) is 42.5 Å². The van der Waals surface area contributed by atoms with Gasteiger partial charge in [0.05, 0.1) is 23.8 Å². The van der Waals surface area contributed by atoms with Crippen LogP contribution in [0.4, 0.5) is 17.1 Å². The van der Waals surface area contributed by atoms with Gasteiger partial charge in [0.15, 0.2) is 5.11 Å². The zero-order valence-corrected chi connectivity index (χ0v) is 15.6. The van der Waals surface area contributed by atoms with Crippen molar-refractivity contribution in [2.75, 3.05) is 36.5 Å². The van der Waals surface area contributed by atoms with Gasteiger partial charge in [0.2, 0.25) is 0 Å². The van der Waals surface area contributed by atoms with Crippen molar-refractivity contribution in [3.63, 3.8) is 0 Å². The summed E-state index contributed by atoms with van der Waals surface area (Å²) in [7, 11) is 0. The van der Waals surface area contributed by atoms with Gasteiger partial charge in [-0.1, -0.05) is 12.1 Å². The number of nitro benzene ring substituents is 1. The fourth-order valence-electron chi connectivity index (χ4n) is 2.79. The number of rotatable bonds is 4. The minimum Gasteiger partial charge on any atom is -0.506 e. The van der Waals surface area contributed by atoms with Crippen molar-refractivity contribution in [2.24, 2.45) is 0 Å². The first kappa shape index (κ1) is 19.5. The van der Waals surface area contributed by atoms with Crippen LogP contribution in [0.5, 0.6) is 5.75 Å². The number of morpholine rings is 1. The van der Waals surface area contributed by atoms with E-state index in [-0.39, 0.29) is 22.1 Å². The first-order chi connectivity index (χ1) is 13.5. The van der Waals surface area contributed by atoms with Crippen molar-refractivity contribution < 1.29 is 19.6 Å². The zero-order valence-electron chi connectivity index (χ0n) is 14.8. The minimum absolute atomic E-state index is 0.0235. The largest absolute Gasteiger partial charge is 0.506 e. The predicted octanol–water partition coefficient (Wildman–Crippen LogP) is 2.26. The highest BCUT2D eigenvalue weighted by molar-refractivity contribution is 7.80. The van der Waals surface area contributed by atoms with Crippen LogP contribution in [0.1, 0.15) is 10.4 Å². The number of hydrogen-bond donors (Lipinski definition) is 3. The van der Waals surface area contributed by atoms with Crippen molar-refractivity contribution in [3.05, 3.63) is 58.1 Å². The van der Waals surface area contributed by atoms with E-state index < -0.39 is 10.8 Å². The normalized spacial score (nSPS) is 13.6. The molecule has 0 radical (unpaired) electrons. The number of thiocarbonyl (C=S) groups is 1. The molecule has 2 aromatic carbocycles. The molecule has 28 heavy (non-hydrogen) atoms. The van der Waals surface area contributed by atoms with Gasteiger partial charge in [0, 0.05) is 24.7 Å². The molecule has 3 rings (SSSR count). The summed E-state index contributed by atoms with van der Waals surface area (Å²) in [4.78, 5) is 25.3. The highest BCUT2D eigenvalue weighted by Crippen LogP contribution is 2.30. The zero-order chi connectivity index (χ0) is 20.1. The van der Waals surface area contributed by atoms with Gasteiger partial charge in [-0.15, -0.1) is 0 Å². The van der Waals surface area contributed by atoms with E-state index in [9.17, 15) is 20.0 Å². The topological polar surface area (TPSA) is 117 Å². The molecule has 1 saturated heterocycles. The van der Waals surface area contributed by atoms with E-state index >= 15 is 0 Å². The average molecular weight is 402 g/mol. The predicted molar refractivity (Wildman–Crippen MR) is 108 cm³/mol. The molecule has 1 aliphatic rings. The Labute approximate surface area is 166 Å². The van der Waals surface area contributed by atoms with Gasteiger partial charge >= 0.3 is 0 Å². The quantitative estimate of drug-likeness (QED) is 0.309. The average Bonchev–Trinajstić information content (AvgIpc) is 2.70. The lowest BCUT2D eigenvalue weighted by atomic mass is 10.1. The fraction of sp³-hybridized carbons (Fsp3) is 0.222. The molecular weight excluding hydrogens is 384 g/mol. The number of aromatic hydroxyl groups is 1. The molecule has 1 fully saturated rings. The molecule has 146 valence electrons. The smallest absolute Gasteiger partial charge is 0.293 e. The number of phenolic OH excluding ortho intramolecular Hbond substituents is 1. The van der Waals surface area contributed by atoms with Crippen LogP contribution >= 0.6 is 12.2 Å². The highest BCUT2D eigenvalue weighted by atomic mass is 32.1. The second kappa shape index (κ2) is 8.63. The van der Waals surface area contributed by atoms with E-state index in [1.54, 1.807) is 24.3 Å². The molecule has 0 unspecified atom stereocenters. The van der Waals surface area contributed by atoms with E-state index in [1.807, 2.05) is 4.90 Å². The number of amides is 1. The summed E-state index contributed by atoms with van der Waals surface area (Å²) < 4.78 is 5.27. The molecule has 3 N–H and O–H groups in total. The van der Waals surface area contributed by atoms with E-state index in [0.29, 0.717) is 37.7 Å². The molecule has 0 aromatic heterocycles. The Morgan fingerprint density at radius 1 is 1.21 bits per heavy atom. The van der Waals surface area contributed by atoms with Crippen LogP contribution < -0.4 is 15.5 Å². The SMILES string of the molecule is O=C(NC(=S)Nc1ccccc1O)c1ccc(N2CCOCC2)c([N+](=O)[O-])c1. The number of phenols is 1. The van der Waals surface area contributed by atoms with E-state index in [1.165, 1.54) is 18.2 Å². The van der Waals surface area contributed by atoms with Crippen molar-refractivity contribution in [2.45, 2.75) is 0 Å². The lowest BCUT2D eigenvalue weighted by Gasteiger charge is -2.28. The van der Waals surface area contributed by atoms with Gasteiger partial charge in [-0.2, -0.15) is 0 Å². The van der Waals surface area contributed by atoms with Crippen molar-refractivity contribution >= 4 is 40.3 Å². The molecule has 1 heterocycles. The second-order valence-corrected chi connectivity index (χ2v) is 6.39. The molecule has 0 spiro atoms. The first-order valence-corrected chi connectivity index (χ1v) is 8.88. The van der Waals surface area contributed by atoms with Gasteiger partial charge in [0.1, 0.15) is 11.4 Å². The maximum atomic E-state index is 12.4. The Bertz CT molecular complexity index is 915. The molecule has 0 aliphatic carbocycles. The van der Waals surface area contributed by atoms with Gasteiger partial charge in [-0.25, -0.2) is 0 Å². The van der Waals surface area contributed by atoms with Crippen LogP contribution in [0.3, 0.4) is 0 Å². The second-order valence-electron chi connectivity index (χ2n) is 5.99. The molecule has 10 heteroatoms. The number of carbonyl (C=O) groups is 1. The van der Waals surface area contributed by atoms with Crippen LogP contribution in [0, 0.1) is 10.1 Å². The van der Waals surface area contributed by atoms with Crippen molar-refractivity contribution in [1.82, 2.24) is 5.32 Å². The Morgan fingerprint density at radius 3 is 2.61 bits per heavy atom. The fourth-order valence-corrected chi connectivity index (χ4v) is 2.99. The number of nitrogens with one attached hydrogen (secondary N) is 2. The maximum absolute atomic E-state index is 12.4. The standard InChI is InChI=1S/C18H18N4O5S/c23-16-4-2-1-3-13(16)19-18(28)20-17(24)12-5-6-14(15(11-12)22(25)26)21-7-9-27-10-8-21/h1-6,11,23H,7-10H2,(H2,19,20,24,28). The first-order valence-electron chi connectivity index (χ1n) is 8.47. The van der Waals surface area contributed by atoms with Gasteiger partial charge < -0.3 is 20.1 Å². The third-order valence-electron chi connectivity index (χ3n) is 4.17. The molecule has 0 atom stereocenters. The van der Waals surface area contributed by atoms with Crippen LogP contribution in [0.25, 0.3) is 0 Å². The summed E-state index contributed by atoms with van der Waals surface area (Å²) in [6, 6.07) is 10.7. The summed E-state index contributed by atoms with van der Waals surface area (Å²) >= 11 is 5.07. The third kappa shape index (κ3) is 4.53. The molecule has 1 amide bonds. The van der Waals surface area contributed by atoms with E-state index in [0.717, 1.165) is 0 Å². The monoisotopic (exact) mass is 402 g/mol. The van der Waals surface area contributed by atoms with Crippen LogP contribution in [0.2, 0.25) is 0 Å². The summed E-state index contributed by atoms with van der Waals surface area (Å²) in [5.41, 5.74) is 0.723. The third-order valence-corrected chi connectivity index (χ3v) is 4.37. The number of benzene rings is 2. The summed E-state index contributed by atoms with van der Waals surface area (Å²) in [6.45, 7) is 2.07. The van der Waals surface area contributed by atoms with Gasteiger partial charge in [0.25, 0.3) is 11.6 Å². The number of anilines is 2. The molecule has 9 nitrogen and oxygen atoms in total. The molecule has 1 aliphatic heterocycles. The summed E-state index contributed by atoms with van der Waals surface area (Å²) in [5.74, 6) is -0.617. The number of nitrogens with zero attached hydrogens (tertiary/aromatic N) is 2. The molecule has 2 aromatic rings. The lowest BCUT2D eigenvalue weighted by molar-refractivity contribution is -0.384. The highest BCUT2D eigenvalue weighted by Gasteiger charge is 2.23. The van der Waals surface area contributed by atoms with E-state index in [4.69, 9.17) is 17.0 Å². The van der Waals surface area contributed by atoms with Crippen molar-refractivity contribution in [1.29, 1.82) is 0 Å². The maximum Gasteiger partial charge on any atom is 0.293 e. The molecular formula is C18H18N4O5S. The van der Waals surface area contributed by atoms with Crippen LogP contribution in [-0.2, 0) is 4.74 Å².